The van der Waals surface area contributed by atoms with E-state index < -0.39 is 0 Å². The number of carbonyl (C=O) groups is 2. The summed E-state index contributed by atoms with van der Waals surface area (Å²) in [6.07, 6.45) is 1.40. The third-order valence-corrected chi connectivity index (χ3v) is 6.36. The third-order valence-electron chi connectivity index (χ3n) is 4.73. The summed E-state index contributed by atoms with van der Waals surface area (Å²) in [5.41, 5.74) is 2.13. The van der Waals surface area contributed by atoms with Gasteiger partial charge < -0.3 is 10.6 Å². The van der Waals surface area contributed by atoms with Crippen molar-refractivity contribution in [2.24, 2.45) is 0 Å². The fraction of sp³-hybridized carbons (Fsp3) is 0.200. The first-order valence-electron chi connectivity index (χ1n) is 10.2. The van der Waals surface area contributed by atoms with Gasteiger partial charge in [-0.05, 0) is 54.8 Å². The molecule has 0 fully saturated rings. The molecule has 31 heavy (non-hydrogen) atoms. The summed E-state index contributed by atoms with van der Waals surface area (Å²) in [5.74, 6) is -0.336. The first-order valence-corrected chi connectivity index (χ1v) is 11.5. The Morgan fingerprint density at radius 2 is 1.61 bits per heavy atom. The van der Waals surface area contributed by atoms with Gasteiger partial charge in [0.15, 0.2) is 0 Å². The summed E-state index contributed by atoms with van der Waals surface area (Å²) in [7, 11) is 0. The number of hydrogen-bond acceptors (Lipinski definition) is 3. The molecule has 0 heterocycles. The maximum atomic E-state index is 12.9. The topological polar surface area (TPSA) is 58.2 Å². The highest BCUT2D eigenvalue weighted by Gasteiger charge is 2.20. The lowest BCUT2D eigenvalue weighted by atomic mass is 10.1. The van der Waals surface area contributed by atoms with E-state index >= 15 is 0 Å². The average Bonchev–Trinajstić information content (AvgIpc) is 2.79. The summed E-state index contributed by atoms with van der Waals surface area (Å²) in [6, 6.07) is 24.5. The molecule has 4 nitrogen and oxygen atoms in total. The monoisotopic (exact) mass is 452 g/mol. The fourth-order valence-electron chi connectivity index (χ4n) is 3.06. The summed E-state index contributed by atoms with van der Waals surface area (Å²) in [4.78, 5) is 26.6. The fourth-order valence-corrected chi connectivity index (χ4v) is 4.14. The van der Waals surface area contributed by atoms with Gasteiger partial charge in [0.2, 0.25) is 5.91 Å². The lowest BCUT2D eigenvalue weighted by molar-refractivity contribution is -0.115. The maximum absolute atomic E-state index is 12.9. The van der Waals surface area contributed by atoms with E-state index in [1.807, 2.05) is 67.6 Å². The van der Waals surface area contributed by atoms with Crippen LogP contribution in [0.15, 0.2) is 83.8 Å². The molecule has 0 radical (unpaired) electrons. The molecule has 0 aliphatic heterocycles. The Morgan fingerprint density at radius 1 is 0.935 bits per heavy atom. The molecule has 2 N–H and O–H groups in total. The van der Waals surface area contributed by atoms with Crippen molar-refractivity contribution in [3.05, 3.63) is 95.0 Å². The van der Waals surface area contributed by atoms with Crippen molar-refractivity contribution >= 4 is 40.9 Å². The van der Waals surface area contributed by atoms with Crippen LogP contribution in [-0.2, 0) is 11.2 Å². The lowest BCUT2D eigenvalue weighted by Crippen LogP contribution is -2.29. The van der Waals surface area contributed by atoms with Crippen LogP contribution in [0.4, 0.5) is 5.69 Å². The second-order valence-electron chi connectivity index (χ2n) is 6.99. The Morgan fingerprint density at radius 3 is 2.32 bits per heavy atom. The summed E-state index contributed by atoms with van der Waals surface area (Å²) in [6.45, 7) is 2.49. The normalized spacial score (nSPS) is 11.5. The Labute approximate surface area is 192 Å². The van der Waals surface area contributed by atoms with Gasteiger partial charge in [-0.3, -0.25) is 9.59 Å². The Balaban J connectivity index is 1.62. The van der Waals surface area contributed by atoms with Crippen LogP contribution in [0.1, 0.15) is 29.3 Å². The Bertz CT molecular complexity index is 1010. The predicted molar refractivity (Wildman–Crippen MR) is 129 cm³/mol. The van der Waals surface area contributed by atoms with Crippen LogP contribution in [0.5, 0.6) is 0 Å². The number of thioether (sulfide) groups is 1. The summed E-state index contributed by atoms with van der Waals surface area (Å²) in [5, 5.41) is 6.26. The number of hydrogen-bond donors (Lipinski definition) is 2. The summed E-state index contributed by atoms with van der Waals surface area (Å²) < 4.78 is 0. The number of nitrogens with one attached hydrogen (secondary N) is 2. The van der Waals surface area contributed by atoms with Gasteiger partial charge in [-0.1, -0.05) is 61.0 Å². The van der Waals surface area contributed by atoms with Gasteiger partial charge in [-0.15, -0.1) is 11.8 Å². The van der Waals surface area contributed by atoms with E-state index in [1.165, 1.54) is 11.8 Å². The van der Waals surface area contributed by atoms with Gasteiger partial charge in [0, 0.05) is 16.5 Å². The number of carbonyl (C=O) groups excluding carboxylic acids is 2. The number of anilines is 1. The molecule has 0 saturated heterocycles. The van der Waals surface area contributed by atoms with E-state index in [2.05, 4.69) is 10.6 Å². The van der Waals surface area contributed by atoms with Gasteiger partial charge >= 0.3 is 0 Å². The van der Waals surface area contributed by atoms with Gasteiger partial charge in [0.05, 0.1) is 16.5 Å². The van der Waals surface area contributed by atoms with Crippen molar-refractivity contribution in [1.82, 2.24) is 5.32 Å². The highest BCUT2D eigenvalue weighted by atomic mass is 35.5. The predicted octanol–water partition coefficient (Wildman–Crippen LogP) is 5.82. The minimum atomic E-state index is -0.282. The molecule has 1 unspecified atom stereocenters. The van der Waals surface area contributed by atoms with E-state index in [0.29, 0.717) is 29.2 Å². The van der Waals surface area contributed by atoms with Crippen LogP contribution in [0.25, 0.3) is 0 Å². The molecule has 160 valence electrons. The Hall–Kier alpha value is -2.76. The molecular formula is C25H25ClN2O2S. The van der Waals surface area contributed by atoms with Crippen molar-refractivity contribution in [1.29, 1.82) is 0 Å². The number of rotatable bonds is 9. The van der Waals surface area contributed by atoms with Crippen LogP contribution in [0.3, 0.4) is 0 Å². The van der Waals surface area contributed by atoms with Crippen molar-refractivity contribution < 1.29 is 9.59 Å². The number of para-hydroxylation sites is 1. The minimum Gasteiger partial charge on any atom is -0.352 e. The molecule has 0 saturated carbocycles. The molecule has 0 aliphatic rings. The molecular weight excluding hydrogens is 428 g/mol. The van der Waals surface area contributed by atoms with Crippen LogP contribution < -0.4 is 10.6 Å². The van der Waals surface area contributed by atoms with Crippen molar-refractivity contribution in [3.8, 4) is 0 Å². The van der Waals surface area contributed by atoms with Crippen LogP contribution >= 0.6 is 23.4 Å². The van der Waals surface area contributed by atoms with Gasteiger partial charge in [0.1, 0.15) is 0 Å². The largest absolute Gasteiger partial charge is 0.352 e. The maximum Gasteiger partial charge on any atom is 0.253 e. The van der Waals surface area contributed by atoms with E-state index in [0.717, 1.165) is 16.9 Å². The van der Waals surface area contributed by atoms with E-state index in [1.54, 1.807) is 18.2 Å². The molecule has 1 atom stereocenters. The number of amides is 2. The van der Waals surface area contributed by atoms with Crippen LogP contribution in [0.2, 0.25) is 5.02 Å². The zero-order chi connectivity index (χ0) is 22.1. The van der Waals surface area contributed by atoms with E-state index in [9.17, 15) is 9.59 Å². The average molecular weight is 453 g/mol. The second-order valence-corrected chi connectivity index (χ2v) is 8.71. The number of benzene rings is 3. The Kier molecular flexibility index (Phi) is 8.56. The van der Waals surface area contributed by atoms with Gasteiger partial charge in [-0.25, -0.2) is 0 Å². The minimum absolute atomic E-state index is 0.132. The highest BCUT2D eigenvalue weighted by Crippen LogP contribution is 2.28. The molecule has 3 rings (SSSR count). The summed E-state index contributed by atoms with van der Waals surface area (Å²) >= 11 is 7.42. The molecule has 0 spiro atoms. The molecule has 3 aromatic rings. The smallest absolute Gasteiger partial charge is 0.253 e. The van der Waals surface area contributed by atoms with E-state index in [-0.39, 0.29) is 17.1 Å². The van der Waals surface area contributed by atoms with Gasteiger partial charge in [0.25, 0.3) is 5.91 Å². The number of halogens is 1. The molecule has 6 heteroatoms. The second kappa shape index (κ2) is 11.6. The lowest BCUT2D eigenvalue weighted by Gasteiger charge is -2.17. The van der Waals surface area contributed by atoms with Crippen molar-refractivity contribution in [2.45, 2.75) is 29.9 Å². The first-order chi connectivity index (χ1) is 15.1. The third kappa shape index (κ3) is 6.88. The standard InChI is InChI=1S/C25H25ClN2O2S/c1-2-23(31-20-14-12-19(26)13-15-20)25(30)28-22-11-7-6-10-21(22)24(29)27-17-16-18-8-4-3-5-9-18/h3-15,23H,2,16-17H2,1H3,(H,27,29)(H,28,30). The molecule has 0 aromatic heterocycles. The van der Waals surface area contributed by atoms with Gasteiger partial charge in [-0.2, -0.15) is 0 Å². The van der Waals surface area contributed by atoms with Crippen molar-refractivity contribution in [3.63, 3.8) is 0 Å². The first kappa shape index (κ1) is 22.9. The van der Waals surface area contributed by atoms with Crippen LogP contribution in [-0.4, -0.2) is 23.6 Å². The molecule has 3 aromatic carbocycles. The quantitative estimate of drug-likeness (QED) is 0.402. The SMILES string of the molecule is CCC(Sc1ccc(Cl)cc1)C(=O)Nc1ccccc1C(=O)NCCc1ccccc1. The zero-order valence-corrected chi connectivity index (χ0v) is 18.9. The molecule has 2 amide bonds. The van der Waals surface area contributed by atoms with Crippen molar-refractivity contribution in [2.75, 3.05) is 11.9 Å². The zero-order valence-electron chi connectivity index (χ0n) is 17.3. The molecule has 0 aliphatic carbocycles. The molecule has 0 bridgehead atoms. The van der Waals surface area contributed by atoms with E-state index in [4.69, 9.17) is 11.6 Å². The van der Waals surface area contributed by atoms with Crippen LogP contribution in [0, 0.1) is 0 Å². The highest BCUT2D eigenvalue weighted by molar-refractivity contribution is 8.00.